The van der Waals surface area contributed by atoms with Crippen molar-refractivity contribution < 1.29 is 19.1 Å². The highest BCUT2D eigenvalue weighted by molar-refractivity contribution is 6.10. The highest BCUT2D eigenvalue weighted by Crippen LogP contribution is 2.46. The first kappa shape index (κ1) is 11.6. The number of amides is 1. The second kappa shape index (κ2) is 3.84. The highest BCUT2D eigenvalue weighted by Gasteiger charge is 2.57. The number of carbonyl (C=O) groups is 2. The third-order valence-corrected chi connectivity index (χ3v) is 3.02. The van der Waals surface area contributed by atoms with Crippen molar-refractivity contribution in [2.45, 2.75) is 19.8 Å². The van der Waals surface area contributed by atoms with Crippen LogP contribution < -0.4 is 5.32 Å². The zero-order valence-electron chi connectivity index (χ0n) is 9.29. The standard InChI is InChI=1S/C12H12FNO3/c1-7-2-3-8(6-9(7)13)14-10(15)12(4-5-12)11(16)17/h2-3,6H,4-5H2,1H3,(H,14,15)(H,16,17). The Morgan fingerprint density at radius 1 is 1.41 bits per heavy atom. The molecule has 1 saturated carbocycles. The van der Waals surface area contributed by atoms with Crippen LogP contribution in [0.1, 0.15) is 18.4 Å². The van der Waals surface area contributed by atoms with Crippen LogP contribution in [0.25, 0.3) is 0 Å². The molecule has 0 heterocycles. The monoisotopic (exact) mass is 237 g/mol. The second-order valence-corrected chi connectivity index (χ2v) is 4.31. The van der Waals surface area contributed by atoms with E-state index < -0.39 is 23.1 Å². The SMILES string of the molecule is Cc1ccc(NC(=O)C2(C(=O)O)CC2)cc1F. The third kappa shape index (κ3) is 2.00. The quantitative estimate of drug-likeness (QED) is 0.789. The van der Waals surface area contributed by atoms with Crippen molar-refractivity contribution in [2.24, 2.45) is 5.41 Å². The molecule has 1 amide bonds. The number of rotatable bonds is 3. The Bertz CT molecular complexity index is 495. The van der Waals surface area contributed by atoms with Crippen molar-refractivity contribution in [3.63, 3.8) is 0 Å². The summed E-state index contributed by atoms with van der Waals surface area (Å²) >= 11 is 0. The number of anilines is 1. The van der Waals surface area contributed by atoms with E-state index in [1.165, 1.54) is 12.1 Å². The van der Waals surface area contributed by atoms with Gasteiger partial charge in [-0.3, -0.25) is 9.59 Å². The van der Waals surface area contributed by atoms with Gasteiger partial charge in [0.25, 0.3) is 0 Å². The minimum atomic E-state index is -1.30. The molecule has 17 heavy (non-hydrogen) atoms. The Morgan fingerprint density at radius 3 is 2.53 bits per heavy atom. The Hall–Kier alpha value is -1.91. The Labute approximate surface area is 97.4 Å². The number of hydrogen-bond acceptors (Lipinski definition) is 2. The van der Waals surface area contributed by atoms with Crippen LogP contribution in [-0.2, 0) is 9.59 Å². The van der Waals surface area contributed by atoms with E-state index in [2.05, 4.69) is 5.32 Å². The molecule has 1 aliphatic carbocycles. The number of hydrogen-bond donors (Lipinski definition) is 2. The first-order chi connectivity index (χ1) is 7.95. The summed E-state index contributed by atoms with van der Waals surface area (Å²) in [5.41, 5.74) is -0.547. The summed E-state index contributed by atoms with van der Waals surface area (Å²) in [6, 6.07) is 4.27. The van der Waals surface area contributed by atoms with Crippen molar-refractivity contribution in [1.29, 1.82) is 0 Å². The lowest BCUT2D eigenvalue weighted by Crippen LogP contribution is -2.31. The lowest BCUT2D eigenvalue weighted by molar-refractivity contribution is -0.147. The molecular weight excluding hydrogens is 225 g/mol. The number of nitrogens with one attached hydrogen (secondary N) is 1. The molecule has 1 aromatic carbocycles. The fraction of sp³-hybridized carbons (Fsp3) is 0.333. The van der Waals surface area contributed by atoms with Gasteiger partial charge in [0.1, 0.15) is 11.2 Å². The minimum Gasteiger partial charge on any atom is -0.480 e. The van der Waals surface area contributed by atoms with Gasteiger partial charge < -0.3 is 10.4 Å². The van der Waals surface area contributed by atoms with E-state index in [9.17, 15) is 14.0 Å². The van der Waals surface area contributed by atoms with Gasteiger partial charge in [-0.2, -0.15) is 0 Å². The van der Waals surface area contributed by atoms with Crippen molar-refractivity contribution in [3.8, 4) is 0 Å². The summed E-state index contributed by atoms with van der Waals surface area (Å²) in [5, 5.41) is 11.4. The molecule has 2 rings (SSSR count). The zero-order chi connectivity index (χ0) is 12.6. The summed E-state index contributed by atoms with van der Waals surface area (Å²) in [6.45, 7) is 1.61. The van der Waals surface area contributed by atoms with Crippen LogP contribution in [-0.4, -0.2) is 17.0 Å². The van der Waals surface area contributed by atoms with Crippen LogP contribution in [0.2, 0.25) is 0 Å². The molecule has 2 N–H and O–H groups in total. The Balaban J connectivity index is 2.14. The molecule has 0 atom stereocenters. The Morgan fingerprint density at radius 2 is 2.06 bits per heavy atom. The fourth-order valence-electron chi connectivity index (χ4n) is 1.58. The number of aliphatic carboxylic acids is 1. The first-order valence-corrected chi connectivity index (χ1v) is 5.27. The van der Waals surface area contributed by atoms with Crippen LogP contribution in [0.4, 0.5) is 10.1 Å². The summed E-state index contributed by atoms with van der Waals surface area (Å²) in [7, 11) is 0. The van der Waals surface area contributed by atoms with Crippen LogP contribution in [0.5, 0.6) is 0 Å². The van der Waals surface area contributed by atoms with Crippen molar-refractivity contribution in [1.82, 2.24) is 0 Å². The molecule has 0 spiro atoms. The van der Waals surface area contributed by atoms with Gasteiger partial charge in [0.2, 0.25) is 5.91 Å². The van der Waals surface area contributed by atoms with E-state index in [0.29, 0.717) is 18.4 Å². The van der Waals surface area contributed by atoms with Gasteiger partial charge in [-0.25, -0.2) is 4.39 Å². The minimum absolute atomic E-state index is 0.283. The molecule has 0 aromatic heterocycles. The second-order valence-electron chi connectivity index (χ2n) is 4.31. The Kier molecular flexibility index (Phi) is 2.61. The number of carbonyl (C=O) groups excluding carboxylic acids is 1. The number of carboxylic acids is 1. The summed E-state index contributed by atoms with van der Waals surface area (Å²) in [4.78, 5) is 22.6. The summed E-state index contributed by atoms with van der Waals surface area (Å²) in [5.74, 6) is -2.13. The lowest BCUT2D eigenvalue weighted by Gasteiger charge is -2.11. The van der Waals surface area contributed by atoms with Gasteiger partial charge in [-0.1, -0.05) is 6.07 Å². The van der Waals surface area contributed by atoms with E-state index in [1.807, 2.05) is 0 Å². The van der Waals surface area contributed by atoms with Gasteiger partial charge in [-0.05, 0) is 37.5 Å². The summed E-state index contributed by atoms with van der Waals surface area (Å²) < 4.78 is 13.2. The molecule has 1 aliphatic rings. The maximum Gasteiger partial charge on any atom is 0.319 e. The maximum absolute atomic E-state index is 13.2. The fourth-order valence-corrected chi connectivity index (χ4v) is 1.58. The maximum atomic E-state index is 13.2. The van der Waals surface area contributed by atoms with Gasteiger partial charge in [0.15, 0.2) is 0 Å². The average Bonchev–Trinajstić information content (AvgIpc) is 3.04. The zero-order valence-corrected chi connectivity index (χ0v) is 9.29. The van der Waals surface area contributed by atoms with Crippen LogP contribution >= 0.6 is 0 Å². The molecule has 5 heteroatoms. The van der Waals surface area contributed by atoms with Crippen molar-refractivity contribution in [3.05, 3.63) is 29.6 Å². The van der Waals surface area contributed by atoms with Gasteiger partial charge in [-0.15, -0.1) is 0 Å². The lowest BCUT2D eigenvalue weighted by atomic mass is 10.1. The highest BCUT2D eigenvalue weighted by atomic mass is 19.1. The van der Waals surface area contributed by atoms with E-state index in [4.69, 9.17) is 5.11 Å². The largest absolute Gasteiger partial charge is 0.480 e. The molecule has 1 aromatic rings. The normalized spacial score (nSPS) is 16.4. The van der Waals surface area contributed by atoms with E-state index in [-0.39, 0.29) is 5.69 Å². The molecular formula is C12H12FNO3. The van der Waals surface area contributed by atoms with Crippen LogP contribution in [0, 0.1) is 18.2 Å². The van der Waals surface area contributed by atoms with Crippen LogP contribution in [0.3, 0.4) is 0 Å². The number of aryl methyl sites for hydroxylation is 1. The molecule has 1 fully saturated rings. The van der Waals surface area contributed by atoms with Crippen molar-refractivity contribution >= 4 is 17.6 Å². The van der Waals surface area contributed by atoms with Crippen molar-refractivity contribution in [2.75, 3.05) is 5.32 Å². The number of halogens is 1. The number of benzene rings is 1. The molecule has 0 bridgehead atoms. The average molecular weight is 237 g/mol. The molecule has 4 nitrogen and oxygen atoms in total. The smallest absolute Gasteiger partial charge is 0.319 e. The van der Waals surface area contributed by atoms with Gasteiger partial charge in [0, 0.05) is 5.69 Å². The molecule has 0 radical (unpaired) electrons. The van der Waals surface area contributed by atoms with Gasteiger partial charge >= 0.3 is 5.97 Å². The first-order valence-electron chi connectivity index (χ1n) is 5.27. The van der Waals surface area contributed by atoms with E-state index in [1.54, 1.807) is 13.0 Å². The van der Waals surface area contributed by atoms with Gasteiger partial charge in [0.05, 0.1) is 0 Å². The summed E-state index contributed by atoms with van der Waals surface area (Å²) in [6.07, 6.45) is 0.672. The van der Waals surface area contributed by atoms with E-state index in [0.717, 1.165) is 0 Å². The molecule has 0 unspecified atom stereocenters. The molecule has 0 saturated heterocycles. The number of carboxylic acid groups (broad SMARTS) is 1. The van der Waals surface area contributed by atoms with E-state index >= 15 is 0 Å². The topological polar surface area (TPSA) is 66.4 Å². The predicted molar refractivity (Wildman–Crippen MR) is 59.1 cm³/mol. The molecule has 0 aliphatic heterocycles. The predicted octanol–water partition coefficient (Wildman–Crippen LogP) is 1.94. The third-order valence-electron chi connectivity index (χ3n) is 3.02. The van der Waals surface area contributed by atoms with Crippen LogP contribution in [0.15, 0.2) is 18.2 Å². The molecule has 90 valence electrons.